The average molecular weight is 412 g/mol. The largest absolute Gasteiger partial charge is 0.460 e. The first-order chi connectivity index (χ1) is 13.2. The fraction of sp³-hybridized carbons (Fsp3) is 0.353. The second-order valence-electron chi connectivity index (χ2n) is 6.26. The molecule has 2 heterocycles. The van der Waals surface area contributed by atoms with E-state index in [-0.39, 0.29) is 5.75 Å². The van der Waals surface area contributed by atoms with E-state index >= 15 is 0 Å². The molecule has 2 aromatic rings. The van der Waals surface area contributed by atoms with E-state index in [0.29, 0.717) is 12.2 Å². The molecule has 5 atom stereocenters. The number of pyridine rings is 1. The smallest absolute Gasteiger partial charge is 0.295 e. The van der Waals surface area contributed by atoms with Crippen molar-refractivity contribution in [1.29, 1.82) is 0 Å². The number of aromatic nitrogens is 1. The third kappa shape index (κ3) is 4.31. The molecule has 1 aromatic heterocycles. The molecule has 1 aromatic carbocycles. The topological polar surface area (TPSA) is 172 Å². The molecule has 0 aliphatic carbocycles. The molecule has 0 radical (unpaired) electrons. The molecule has 10 nitrogen and oxygen atoms in total. The summed E-state index contributed by atoms with van der Waals surface area (Å²) < 4.78 is 42.0. The van der Waals surface area contributed by atoms with E-state index in [0.717, 1.165) is 11.1 Å². The van der Waals surface area contributed by atoms with Crippen molar-refractivity contribution in [3.63, 3.8) is 0 Å². The lowest BCUT2D eigenvalue weighted by Gasteiger charge is -2.38. The Kier molecular flexibility index (Phi) is 5.95. The van der Waals surface area contributed by atoms with E-state index < -0.39 is 40.2 Å². The summed E-state index contributed by atoms with van der Waals surface area (Å²) in [5.41, 5.74) is 5.84. The molecule has 3 rings (SSSR count). The fourth-order valence-electron chi connectivity index (χ4n) is 2.73. The van der Waals surface area contributed by atoms with Crippen LogP contribution in [0.1, 0.15) is 5.56 Å². The van der Waals surface area contributed by atoms with E-state index in [9.17, 15) is 23.7 Å². The van der Waals surface area contributed by atoms with Crippen molar-refractivity contribution in [3.05, 3.63) is 48.2 Å². The van der Waals surface area contributed by atoms with Gasteiger partial charge in [-0.15, -0.1) is 0 Å². The predicted molar refractivity (Wildman–Crippen MR) is 96.4 cm³/mol. The summed E-state index contributed by atoms with van der Waals surface area (Å²) in [4.78, 5) is 4.22. The van der Waals surface area contributed by atoms with Gasteiger partial charge in [-0.2, -0.15) is 8.42 Å². The third-order valence-corrected chi connectivity index (χ3v) is 5.27. The maximum atomic E-state index is 11.3. The summed E-state index contributed by atoms with van der Waals surface area (Å²) in [5, 5.41) is 29.4. The van der Waals surface area contributed by atoms with Gasteiger partial charge >= 0.3 is 0 Å². The fourth-order valence-corrected chi connectivity index (χ4v) is 3.49. The van der Waals surface area contributed by atoms with Gasteiger partial charge in [0.15, 0.2) is 0 Å². The van der Waals surface area contributed by atoms with Crippen molar-refractivity contribution in [2.24, 2.45) is 5.73 Å². The van der Waals surface area contributed by atoms with Crippen molar-refractivity contribution >= 4 is 10.1 Å². The minimum Gasteiger partial charge on any atom is -0.460 e. The van der Waals surface area contributed by atoms with Crippen molar-refractivity contribution < 1.29 is 37.8 Å². The van der Waals surface area contributed by atoms with Gasteiger partial charge in [-0.25, -0.2) is 0 Å². The molecule has 1 unspecified atom stereocenters. The summed E-state index contributed by atoms with van der Waals surface area (Å²) in [5.74, 6) is 0.115. The summed E-state index contributed by atoms with van der Waals surface area (Å²) in [6.45, 7) is 0.426. The minimum atomic E-state index is -4.85. The maximum absolute atomic E-state index is 11.3. The van der Waals surface area contributed by atoms with Gasteiger partial charge in [-0.05, 0) is 17.7 Å². The Morgan fingerprint density at radius 2 is 1.71 bits per heavy atom. The zero-order valence-corrected chi connectivity index (χ0v) is 15.3. The third-order valence-electron chi connectivity index (χ3n) is 4.29. The lowest BCUT2D eigenvalue weighted by molar-refractivity contribution is -0.254. The van der Waals surface area contributed by atoms with E-state index in [1.54, 1.807) is 6.07 Å². The highest BCUT2D eigenvalue weighted by Crippen LogP contribution is 2.27. The van der Waals surface area contributed by atoms with Gasteiger partial charge < -0.3 is 30.5 Å². The summed E-state index contributed by atoms with van der Waals surface area (Å²) >= 11 is 0. The Balaban J connectivity index is 1.75. The molecule has 0 amide bonds. The number of hydrogen-bond acceptors (Lipinski definition) is 9. The molecule has 6 N–H and O–H groups in total. The molecule has 1 aliphatic heterocycles. The molecule has 0 spiro atoms. The first-order valence-electron chi connectivity index (χ1n) is 8.29. The molecule has 11 heteroatoms. The Bertz CT molecular complexity index is 904. The van der Waals surface area contributed by atoms with E-state index in [1.165, 1.54) is 12.3 Å². The van der Waals surface area contributed by atoms with Gasteiger partial charge in [0.1, 0.15) is 24.1 Å². The number of ether oxygens (including phenoxy) is 2. The number of hydrogen-bond donors (Lipinski definition) is 5. The molecular formula is C17H20N2O8S. The molecule has 152 valence electrons. The number of nitrogens with zero attached hydrogens (tertiary/aromatic N) is 1. The molecule has 1 saturated heterocycles. The van der Waals surface area contributed by atoms with Crippen LogP contribution in [0.25, 0.3) is 11.3 Å². The standard InChI is InChI=1S/C17H20N2O8S/c18-7-9-1-3-10(4-2-9)12-6-5-11(8-19-12)26-16-14(21)13(20)15(22)17(27-16)28(23,24)25/h1-6,8,13-17,20-22H,7,18H2,(H,23,24,25)/t13-,14-,15+,16-,17?/m1/s1. The highest BCUT2D eigenvalue weighted by atomic mass is 32.2. The van der Waals surface area contributed by atoms with Gasteiger partial charge in [0.05, 0.1) is 11.9 Å². The van der Waals surface area contributed by atoms with Crippen LogP contribution in [-0.4, -0.2) is 63.3 Å². The first kappa shape index (κ1) is 20.6. The van der Waals surface area contributed by atoms with E-state index in [1.807, 2.05) is 24.3 Å². The van der Waals surface area contributed by atoms with Crippen molar-refractivity contribution in [3.8, 4) is 17.0 Å². The van der Waals surface area contributed by atoms with Crippen LogP contribution in [0.15, 0.2) is 42.6 Å². The molecule has 1 fully saturated rings. The molecule has 1 aliphatic rings. The van der Waals surface area contributed by atoms with Crippen LogP contribution in [0.4, 0.5) is 0 Å². The Hall–Kier alpha value is -2.12. The molecule has 28 heavy (non-hydrogen) atoms. The van der Waals surface area contributed by atoms with Crippen molar-refractivity contribution in [1.82, 2.24) is 4.98 Å². The maximum Gasteiger partial charge on any atom is 0.295 e. The summed E-state index contributed by atoms with van der Waals surface area (Å²) in [7, 11) is -4.85. The zero-order chi connectivity index (χ0) is 20.5. The highest BCUT2D eigenvalue weighted by Gasteiger charge is 2.50. The number of nitrogens with two attached hydrogens (primary N) is 1. The van der Waals surface area contributed by atoms with Gasteiger partial charge in [-0.1, -0.05) is 24.3 Å². The summed E-state index contributed by atoms with van der Waals surface area (Å²) in [6.07, 6.45) is -6.03. The van der Waals surface area contributed by atoms with Crippen LogP contribution in [0, 0.1) is 0 Å². The monoisotopic (exact) mass is 412 g/mol. The van der Waals surface area contributed by atoms with E-state index in [2.05, 4.69) is 4.98 Å². The van der Waals surface area contributed by atoms with Gasteiger partial charge in [-0.3, -0.25) is 9.54 Å². The lowest BCUT2D eigenvalue weighted by Crippen LogP contribution is -2.61. The lowest BCUT2D eigenvalue weighted by atomic mass is 10.1. The van der Waals surface area contributed by atoms with Gasteiger partial charge in [0.2, 0.25) is 11.7 Å². The minimum absolute atomic E-state index is 0.115. The quantitative estimate of drug-likeness (QED) is 0.393. The van der Waals surface area contributed by atoms with Crippen LogP contribution in [0.3, 0.4) is 0 Å². The normalized spacial score (nSPS) is 28.1. The van der Waals surface area contributed by atoms with Gasteiger partial charge in [0, 0.05) is 12.1 Å². The Morgan fingerprint density at radius 3 is 2.25 bits per heavy atom. The first-order valence-corrected chi connectivity index (χ1v) is 9.79. The van der Waals surface area contributed by atoms with Crippen LogP contribution >= 0.6 is 0 Å². The van der Waals surface area contributed by atoms with Crippen LogP contribution < -0.4 is 10.5 Å². The van der Waals surface area contributed by atoms with E-state index in [4.69, 9.17) is 19.8 Å². The highest BCUT2D eigenvalue weighted by molar-refractivity contribution is 7.86. The van der Waals surface area contributed by atoms with Crippen molar-refractivity contribution in [2.45, 2.75) is 36.6 Å². The molecule has 0 bridgehead atoms. The average Bonchev–Trinajstić information content (AvgIpc) is 2.68. The van der Waals surface area contributed by atoms with Crippen LogP contribution in [0.2, 0.25) is 0 Å². The zero-order valence-electron chi connectivity index (χ0n) is 14.5. The van der Waals surface area contributed by atoms with Crippen LogP contribution in [0.5, 0.6) is 5.75 Å². The Morgan fingerprint density at radius 1 is 1.04 bits per heavy atom. The van der Waals surface area contributed by atoms with Crippen LogP contribution in [-0.2, 0) is 21.4 Å². The number of aliphatic hydroxyl groups excluding tert-OH is 3. The SMILES string of the molecule is NCc1ccc(-c2ccc(O[C@@H]3OC(S(=O)(=O)O)[C@@H](O)[C@H](O)[C@H]3O)cn2)cc1. The second-order valence-corrected chi connectivity index (χ2v) is 7.75. The second kappa shape index (κ2) is 8.09. The number of benzene rings is 1. The van der Waals surface area contributed by atoms with Crippen molar-refractivity contribution in [2.75, 3.05) is 0 Å². The number of rotatable bonds is 5. The molecular weight excluding hydrogens is 392 g/mol. The predicted octanol–water partition coefficient (Wildman–Crippen LogP) is -0.761. The van der Waals surface area contributed by atoms with Gasteiger partial charge in [0.25, 0.3) is 10.1 Å². The molecule has 0 saturated carbocycles. The number of aliphatic hydroxyl groups is 3. The Labute approximate surface area is 160 Å². The summed E-state index contributed by atoms with van der Waals surface area (Å²) in [6, 6.07) is 10.6.